The molecule has 2 rings (SSSR count). The van der Waals surface area contributed by atoms with Gasteiger partial charge in [-0.3, -0.25) is 9.59 Å². The molecule has 1 fully saturated rings. The number of benzene rings is 1. The van der Waals surface area contributed by atoms with Crippen LogP contribution in [0.4, 0.5) is 0 Å². The second-order valence-corrected chi connectivity index (χ2v) is 5.15. The molecule has 0 aromatic heterocycles. The van der Waals surface area contributed by atoms with Crippen molar-refractivity contribution in [2.75, 3.05) is 13.1 Å². The molecule has 1 amide bonds. The highest BCUT2D eigenvalue weighted by Crippen LogP contribution is 2.27. The van der Waals surface area contributed by atoms with E-state index in [0.717, 1.165) is 5.56 Å². The molecule has 1 saturated heterocycles. The van der Waals surface area contributed by atoms with Crippen LogP contribution in [0, 0.1) is 18.8 Å². The maximum atomic E-state index is 12.3. The standard InChI is InChI=1S/C14H17NO4/c1-8-3-4-12(16)10(5-8)13(17)15-6-9(2)11(7-15)14(18)19/h3-5,9,11,16H,6-7H2,1-2H3,(H,18,19). The highest BCUT2D eigenvalue weighted by molar-refractivity contribution is 5.97. The van der Waals surface area contributed by atoms with Crippen molar-refractivity contribution in [2.45, 2.75) is 13.8 Å². The number of phenols is 1. The van der Waals surface area contributed by atoms with Gasteiger partial charge in [0.25, 0.3) is 5.91 Å². The van der Waals surface area contributed by atoms with Crippen LogP contribution in [0.5, 0.6) is 5.75 Å². The van der Waals surface area contributed by atoms with Gasteiger partial charge < -0.3 is 15.1 Å². The molecule has 102 valence electrons. The lowest BCUT2D eigenvalue weighted by Gasteiger charge is -2.17. The molecular formula is C14H17NO4. The SMILES string of the molecule is Cc1ccc(O)c(C(=O)N2CC(C)C(C(=O)O)C2)c1. The summed E-state index contributed by atoms with van der Waals surface area (Å²) in [5.41, 5.74) is 1.11. The summed E-state index contributed by atoms with van der Waals surface area (Å²) in [6, 6.07) is 4.83. The molecule has 1 aromatic carbocycles. The quantitative estimate of drug-likeness (QED) is 0.847. The van der Waals surface area contributed by atoms with Crippen molar-refractivity contribution < 1.29 is 19.8 Å². The van der Waals surface area contributed by atoms with Gasteiger partial charge in [0.05, 0.1) is 11.5 Å². The first kappa shape index (κ1) is 13.4. The summed E-state index contributed by atoms with van der Waals surface area (Å²) in [6.07, 6.45) is 0. The van der Waals surface area contributed by atoms with Crippen molar-refractivity contribution in [2.24, 2.45) is 11.8 Å². The van der Waals surface area contributed by atoms with Crippen molar-refractivity contribution in [3.8, 4) is 5.75 Å². The highest BCUT2D eigenvalue weighted by Gasteiger charge is 2.37. The molecule has 0 saturated carbocycles. The molecule has 0 aliphatic carbocycles. The Morgan fingerprint density at radius 1 is 1.32 bits per heavy atom. The first-order valence-electron chi connectivity index (χ1n) is 6.22. The van der Waals surface area contributed by atoms with E-state index < -0.39 is 11.9 Å². The summed E-state index contributed by atoms with van der Waals surface area (Å²) in [5, 5.41) is 18.8. The fourth-order valence-electron chi connectivity index (χ4n) is 2.45. The molecule has 0 spiro atoms. The molecule has 0 radical (unpaired) electrons. The van der Waals surface area contributed by atoms with Gasteiger partial charge in [0.1, 0.15) is 5.75 Å². The molecule has 5 heteroatoms. The predicted molar refractivity (Wildman–Crippen MR) is 69.0 cm³/mol. The monoisotopic (exact) mass is 263 g/mol. The fraction of sp³-hybridized carbons (Fsp3) is 0.429. The van der Waals surface area contributed by atoms with Gasteiger partial charge in [-0.15, -0.1) is 0 Å². The Morgan fingerprint density at radius 2 is 2.00 bits per heavy atom. The number of carbonyl (C=O) groups is 2. The highest BCUT2D eigenvalue weighted by atomic mass is 16.4. The van der Waals surface area contributed by atoms with Crippen molar-refractivity contribution in [1.29, 1.82) is 0 Å². The number of hydrogen-bond donors (Lipinski definition) is 2. The van der Waals surface area contributed by atoms with Gasteiger partial charge >= 0.3 is 5.97 Å². The van der Waals surface area contributed by atoms with E-state index >= 15 is 0 Å². The zero-order valence-corrected chi connectivity index (χ0v) is 11.0. The number of phenolic OH excluding ortho intramolecular Hbond substituents is 1. The van der Waals surface area contributed by atoms with Gasteiger partial charge in [-0.2, -0.15) is 0 Å². The summed E-state index contributed by atoms with van der Waals surface area (Å²) in [5.74, 6) is -1.86. The molecular weight excluding hydrogens is 246 g/mol. The summed E-state index contributed by atoms with van der Waals surface area (Å²) in [7, 11) is 0. The Labute approximate surface area is 111 Å². The van der Waals surface area contributed by atoms with Gasteiger partial charge in [-0.25, -0.2) is 0 Å². The van der Waals surface area contributed by atoms with Crippen LogP contribution in [0.3, 0.4) is 0 Å². The van der Waals surface area contributed by atoms with E-state index in [0.29, 0.717) is 6.54 Å². The van der Waals surface area contributed by atoms with E-state index in [1.165, 1.54) is 11.0 Å². The van der Waals surface area contributed by atoms with E-state index in [9.17, 15) is 14.7 Å². The lowest BCUT2D eigenvalue weighted by atomic mass is 9.99. The zero-order valence-electron chi connectivity index (χ0n) is 11.0. The molecule has 0 bridgehead atoms. The Morgan fingerprint density at radius 3 is 2.58 bits per heavy atom. The minimum Gasteiger partial charge on any atom is -0.507 e. The maximum Gasteiger partial charge on any atom is 0.308 e. The lowest BCUT2D eigenvalue weighted by molar-refractivity contribution is -0.142. The Kier molecular flexibility index (Phi) is 3.46. The van der Waals surface area contributed by atoms with Gasteiger partial charge in [0, 0.05) is 13.1 Å². The second-order valence-electron chi connectivity index (χ2n) is 5.15. The molecule has 5 nitrogen and oxygen atoms in total. The van der Waals surface area contributed by atoms with E-state index in [2.05, 4.69) is 0 Å². The number of hydrogen-bond acceptors (Lipinski definition) is 3. The van der Waals surface area contributed by atoms with Crippen LogP contribution >= 0.6 is 0 Å². The first-order chi connectivity index (χ1) is 8.90. The minimum absolute atomic E-state index is 0.0676. The zero-order chi connectivity index (χ0) is 14.2. The molecule has 1 aromatic rings. The van der Waals surface area contributed by atoms with Crippen molar-refractivity contribution in [3.05, 3.63) is 29.3 Å². The normalized spacial score (nSPS) is 22.5. The largest absolute Gasteiger partial charge is 0.507 e. The third-order valence-corrected chi connectivity index (χ3v) is 3.60. The molecule has 2 N–H and O–H groups in total. The number of aromatic hydroxyl groups is 1. The van der Waals surface area contributed by atoms with Crippen molar-refractivity contribution in [3.63, 3.8) is 0 Å². The van der Waals surface area contributed by atoms with E-state index in [4.69, 9.17) is 5.11 Å². The van der Waals surface area contributed by atoms with Crippen LogP contribution in [0.2, 0.25) is 0 Å². The fourth-order valence-corrected chi connectivity index (χ4v) is 2.45. The third kappa shape index (κ3) is 2.54. The van der Waals surface area contributed by atoms with E-state index in [-0.39, 0.29) is 29.7 Å². The molecule has 1 heterocycles. The summed E-state index contributed by atoms with van der Waals surface area (Å²) in [4.78, 5) is 24.9. The number of amides is 1. The van der Waals surface area contributed by atoms with Crippen LogP contribution in [0.1, 0.15) is 22.8 Å². The average molecular weight is 263 g/mol. The van der Waals surface area contributed by atoms with Gasteiger partial charge in [-0.1, -0.05) is 18.6 Å². The van der Waals surface area contributed by atoms with Crippen molar-refractivity contribution in [1.82, 2.24) is 4.90 Å². The number of likely N-dealkylation sites (tertiary alicyclic amines) is 1. The smallest absolute Gasteiger partial charge is 0.308 e. The van der Waals surface area contributed by atoms with Gasteiger partial charge in [0.15, 0.2) is 0 Å². The van der Waals surface area contributed by atoms with Crippen LogP contribution in [-0.4, -0.2) is 40.1 Å². The van der Waals surface area contributed by atoms with Crippen LogP contribution in [-0.2, 0) is 4.79 Å². The Hall–Kier alpha value is -2.04. The molecule has 2 atom stereocenters. The Bertz CT molecular complexity index is 526. The molecule has 2 unspecified atom stereocenters. The maximum absolute atomic E-state index is 12.3. The summed E-state index contributed by atoms with van der Waals surface area (Å²) >= 11 is 0. The Balaban J connectivity index is 2.22. The number of carboxylic acids is 1. The van der Waals surface area contributed by atoms with Crippen molar-refractivity contribution >= 4 is 11.9 Å². The number of aryl methyl sites for hydroxylation is 1. The summed E-state index contributed by atoms with van der Waals surface area (Å²) < 4.78 is 0. The number of aliphatic carboxylic acids is 1. The third-order valence-electron chi connectivity index (χ3n) is 3.60. The van der Waals surface area contributed by atoms with Crippen LogP contribution in [0.25, 0.3) is 0 Å². The molecule has 1 aliphatic rings. The van der Waals surface area contributed by atoms with E-state index in [1.807, 2.05) is 13.8 Å². The number of rotatable bonds is 2. The first-order valence-corrected chi connectivity index (χ1v) is 6.22. The second kappa shape index (κ2) is 4.91. The lowest BCUT2D eigenvalue weighted by Crippen LogP contribution is -2.30. The summed E-state index contributed by atoms with van der Waals surface area (Å²) in [6.45, 7) is 4.26. The van der Waals surface area contributed by atoms with Crippen LogP contribution in [0.15, 0.2) is 18.2 Å². The topological polar surface area (TPSA) is 77.8 Å². The number of carbonyl (C=O) groups excluding carboxylic acids is 1. The van der Waals surface area contributed by atoms with Gasteiger partial charge in [0.2, 0.25) is 0 Å². The molecule has 1 aliphatic heterocycles. The predicted octanol–water partition coefficient (Wildman–Crippen LogP) is 1.49. The number of nitrogens with zero attached hydrogens (tertiary/aromatic N) is 1. The average Bonchev–Trinajstić information content (AvgIpc) is 2.74. The molecule has 19 heavy (non-hydrogen) atoms. The minimum atomic E-state index is -0.878. The van der Waals surface area contributed by atoms with Crippen LogP contribution < -0.4 is 0 Å². The van der Waals surface area contributed by atoms with Gasteiger partial charge in [-0.05, 0) is 25.0 Å². The number of carboxylic acid groups (broad SMARTS) is 1. The van der Waals surface area contributed by atoms with E-state index in [1.54, 1.807) is 12.1 Å².